The molecule has 1 aromatic heterocycles. The number of carbonyl (C=O) groups is 1. The second-order valence-corrected chi connectivity index (χ2v) is 8.35. The van der Waals surface area contributed by atoms with Crippen LogP contribution in [0.15, 0.2) is 48.5 Å². The van der Waals surface area contributed by atoms with E-state index in [1.54, 1.807) is 0 Å². The normalized spacial score (nSPS) is 16.0. The highest BCUT2D eigenvalue weighted by atomic mass is 16.1. The molecule has 5 heteroatoms. The van der Waals surface area contributed by atoms with Crippen molar-refractivity contribution in [2.45, 2.75) is 32.1 Å². The van der Waals surface area contributed by atoms with E-state index in [-0.39, 0.29) is 5.91 Å². The molecule has 1 aliphatic carbocycles. The summed E-state index contributed by atoms with van der Waals surface area (Å²) in [5.74, 6) is -0.00367. The quantitative estimate of drug-likeness (QED) is 0.526. The fraction of sp³-hybridized carbons (Fsp3) is 0.360. The molecule has 0 spiro atoms. The average Bonchev–Trinajstić information content (AvgIpc) is 3.24. The zero-order valence-electron chi connectivity index (χ0n) is 17.3. The summed E-state index contributed by atoms with van der Waals surface area (Å²) in [5, 5.41) is 10.8. The van der Waals surface area contributed by atoms with Crippen LogP contribution in [0.1, 0.15) is 47.2 Å². The molecule has 2 aromatic carbocycles. The maximum atomic E-state index is 12.5. The lowest BCUT2D eigenvalue weighted by atomic mass is 10.0. The molecule has 1 amide bonds. The molecular weight excluding hydrogens is 372 g/mol. The summed E-state index contributed by atoms with van der Waals surface area (Å²) in [5.41, 5.74) is 7.66. The first-order chi connectivity index (χ1) is 14.8. The van der Waals surface area contributed by atoms with Gasteiger partial charge in [0.15, 0.2) is 0 Å². The number of rotatable bonds is 5. The van der Waals surface area contributed by atoms with Gasteiger partial charge in [0.25, 0.3) is 5.91 Å². The summed E-state index contributed by atoms with van der Waals surface area (Å²) in [4.78, 5) is 15.0. The summed E-state index contributed by atoms with van der Waals surface area (Å²) in [6.45, 7) is 3.94. The fourth-order valence-corrected chi connectivity index (χ4v) is 4.68. The number of H-pyrrole nitrogens is 1. The minimum atomic E-state index is -0.00367. The third-order valence-electron chi connectivity index (χ3n) is 6.35. The van der Waals surface area contributed by atoms with Gasteiger partial charge in [-0.1, -0.05) is 49.2 Å². The topological polar surface area (TPSA) is 61.0 Å². The first kappa shape index (κ1) is 19.1. The molecule has 2 heterocycles. The van der Waals surface area contributed by atoms with Crippen molar-refractivity contribution in [1.82, 2.24) is 20.4 Å². The molecule has 154 valence electrons. The highest BCUT2D eigenvalue weighted by Gasteiger charge is 2.24. The van der Waals surface area contributed by atoms with Crippen LogP contribution in [-0.4, -0.2) is 47.2 Å². The van der Waals surface area contributed by atoms with E-state index in [0.717, 1.165) is 43.0 Å². The Balaban J connectivity index is 1.22. The van der Waals surface area contributed by atoms with Gasteiger partial charge in [-0.05, 0) is 43.6 Å². The van der Waals surface area contributed by atoms with Crippen LogP contribution in [-0.2, 0) is 6.42 Å². The lowest BCUT2D eigenvalue weighted by Gasteiger charge is -2.19. The Morgan fingerprint density at radius 2 is 1.77 bits per heavy atom. The average molecular weight is 401 g/mol. The monoisotopic (exact) mass is 400 g/mol. The third-order valence-corrected chi connectivity index (χ3v) is 6.35. The zero-order valence-corrected chi connectivity index (χ0v) is 17.3. The molecule has 0 unspecified atom stereocenters. The number of likely N-dealkylation sites (tertiary alicyclic amines) is 1. The van der Waals surface area contributed by atoms with Gasteiger partial charge in [-0.2, -0.15) is 5.10 Å². The van der Waals surface area contributed by atoms with E-state index in [0.29, 0.717) is 12.1 Å². The SMILES string of the molecule is O=C(NCCN1CCCCCC1)c1ccc(-c2n[nH]c3c2Cc2ccccc2-3)cc1. The van der Waals surface area contributed by atoms with Crippen molar-refractivity contribution in [3.63, 3.8) is 0 Å². The van der Waals surface area contributed by atoms with E-state index >= 15 is 0 Å². The first-order valence-corrected chi connectivity index (χ1v) is 11.1. The number of fused-ring (bicyclic) bond motifs is 3. The van der Waals surface area contributed by atoms with Gasteiger partial charge < -0.3 is 10.2 Å². The number of hydrogen-bond acceptors (Lipinski definition) is 3. The molecule has 5 nitrogen and oxygen atoms in total. The Kier molecular flexibility index (Phi) is 5.37. The third kappa shape index (κ3) is 3.77. The molecule has 0 bridgehead atoms. The molecule has 0 saturated carbocycles. The van der Waals surface area contributed by atoms with Crippen LogP contribution in [0.2, 0.25) is 0 Å². The number of nitrogens with one attached hydrogen (secondary N) is 2. The molecule has 30 heavy (non-hydrogen) atoms. The van der Waals surface area contributed by atoms with Crippen molar-refractivity contribution >= 4 is 5.91 Å². The van der Waals surface area contributed by atoms with Gasteiger partial charge in [-0.25, -0.2) is 0 Å². The number of nitrogens with zero attached hydrogens (tertiary/aromatic N) is 2. The van der Waals surface area contributed by atoms with E-state index in [1.165, 1.54) is 42.4 Å². The molecule has 2 N–H and O–H groups in total. The Morgan fingerprint density at radius 1 is 1.00 bits per heavy atom. The van der Waals surface area contributed by atoms with Crippen molar-refractivity contribution in [3.8, 4) is 22.5 Å². The van der Waals surface area contributed by atoms with Crippen molar-refractivity contribution in [2.24, 2.45) is 0 Å². The lowest BCUT2D eigenvalue weighted by molar-refractivity contribution is 0.0948. The highest BCUT2D eigenvalue weighted by molar-refractivity contribution is 5.94. The van der Waals surface area contributed by atoms with Gasteiger partial charge in [0.05, 0.1) is 11.4 Å². The summed E-state index contributed by atoms with van der Waals surface area (Å²) < 4.78 is 0. The smallest absolute Gasteiger partial charge is 0.251 e. The summed E-state index contributed by atoms with van der Waals surface area (Å²) in [6, 6.07) is 16.3. The van der Waals surface area contributed by atoms with E-state index < -0.39 is 0 Å². The molecule has 0 radical (unpaired) electrons. The molecule has 1 fully saturated rings. The van der Waals surface area contributed by atoms with Crippen molar-refractivity contribution in [1.29, 1.82) is 0 Å². The summed E-state index contributed by atoms with van der Waals surface area (Å²) in [7, 11) is 0. The van der Waals surface area contributed by atoms with Gasteiger partial charge in [0.2, 0.25) is 0 Å². The van der Waals surface area contributed by atoms with E-state index in [9.17, 15) is 4.79 Å². The number of hydrogen-bond donors (Lipinski definition) is 2. The Labute approximate surface area is 177 Å². The van der Waals surface area contributed by atoms with Gasteiger partial charge in [0, 0.05) is 41.8 Å². The number of amides is 1. The number of aromatic amines is 1. The summed E-state index contributed by atoms with van der Waals surface area (Å²) >= 11 is 0. The Bertz CT molecular complexity index is 1030. The van der Waals surface area contributed by atoms with Crippen LogP contribution in [0.5, 0.6) is 0 Å². The van der Waals surface area contributed by atoms with Gasteiger partial charge in [-0.3, -0.25) is 9.89 Å². The minimum absolute atomic E-state index is 0.00367. The number of aromatic nitrogens is 2. The molecule has 1 aliphatic heterocycles. The predicted octanol–water partition coefficient (Wildman–Crippen LogP) is 4.25. The van der Waals surface area contributed by atoms with Gasteiger partial charge in [-0.15, -0.1) is 0 Å². The fourth-order valence-electron chi connectivity index (χ4n) is 4.68. The Morgan fingerprint density at radius 3 is 2.57 bits per heavy atom. The standard InChI is InChI=1S/C25H28N4O/c30-25(26-13-16-29-14-5-1-2-6-15-29)19-11-9-18(10-12-19)23-22-17-20-7-3-4-8-21(20)24(22)28-27-23/h3-4,7-12H,1-2,5-6,13-17H2,(H,26,30)(H,27,28). The molecule has 2 aliphatic rings. The van der Waals surface area contributed by atoms with Crippen LogP contribution in [0.4, 0.5) is 0 Å². The molecule has 0 atom stereocenters. The van der Waals surface area contributed by atoms with E-state index in [1.807, 2.05) is 24.3 Å². The Hall–Kier alpha value is -2.92. The van der Waals surface area contributed by atoms with Crippen LogP contribution >= 0.6 is 0 Å². The maximum absolute atomic E-state index is 12.5. The number of carbonyl (C=O) groups excluding carboxylic acids is 1. The first-order valence-electron chi connectivity index (χ1n) is 11.1. The molecular formula is C25H28N4O. The van der Waals surface area contributed by atoms with Crippen molar-refractivity contribution in [3.05, 3.63) is 65.2 Å². The van der Waals surface area contributed by atoms with Crippen LogP contribution in [0, 0.1) is 0 Å². The van der Waals surface area contributed by atoms with Gasteiger partial charge in [0.1, 0.15) is 0 Å². The maximum Gasteiger partial charge on any atom is 0.251 e. The van der Waals surface area contributed by atoms with Crippen LogP contribution < -0.4 is 5.32 Å². The van der Waals surface area contributed by atoms with Crippen LogP contribution in [0.3, 0.4) is 0 Å². The zero-order chi connectivity index (χ0) is 20.3. The van der Waals surface area contributed by atoms with E-state index in [4.69, 9.17) is 0 Å². The van der Waals surface area contributed by atoms with E-state index in [2.05, 4.69) is 44.7 Å². The van der Waals surface area contributed by atoms with Crippen LogP contribution in [0.25, 0.3) is 22.5 Å². The molecule has 5 rings (SSSR count). The summed E-state index contributed by atoms with van der Waals surface area (Å²) in [6.07, 6.45) is 6.12. The second kappa shape index (κ2) is 8.44. The highest BCUT2D eigenvalue weighted by Crippen LogP contribution is 2.39. The second-order valence-electron chi connectivity index (χ2n) is 8.35. The van der Waals surface area contributed by atoms with Crippen molar-refractivity contribution in [2.75, 3.05) is 26.2 Å². The predicted molar refractivity (Wildman–Crippen MR) is 120 cm³/mol. The van der Waals surface area contributed by atoms with Crippen molar-refractivity contribution < 1.29 is 4.79 Å². The molecule has 3 aromatic rings. The molecule has 1 saturated heterocycles. The van der Waals surface area contributed by atoms with Gasteiger partial charge >= 0.3 is 0 Å². The largest absolute Gasteiger partial charge is 0.351 e. The number of benzene rings is 2. The minimum Gasteiger partial charge on any atom is -0.351 e. The lowest BCUT2D eigenvalue weighted by Crippen LogP contribution is -2.35.